The normalized spacial score (nSPS) is 15.1. The van der Waals surface area contributed by atoms with E-state index in [9.17, 15) is 0 Å². The number of hydrogen-bond donors (Lipinski definition) is 0. The molecule has 0 fully saturated rings. The van der Waals surface area contributed by atoms with Crippen LogP contribution in [0.4, 0.5) is 0 Å². The molecule has 0 heterocycles. The standard InChI is InChI=1S/2C14H13.2ClH.Zr/c2*1-2-7-13(8-3-1)11-6-12-14-9-4-5-10-14;;;/h2*1-5,7-9,12H,6,11H2;2*1H;/q2*-1;;;+4/p-2. The summed E-state index contributed by atoms with van der Waals surface area (Å²) in [6, 6.07) is 21.1. The summed E-state index contributed by atoms with van der Waals surface area (Å²) in [4.78, 5) is 0. The van der Waals surface area contributed by atoms with Crippen LogP contribution < -0.4 is 24.8 Å². The molecule has 0 unspecified atom stereocenters. The average Bonchev–Trinajstić information content (AvgIpc) is 3.45. The molecule has 0 saturated heterocycles. The number of aryl methyl sites for hydroxylation is 2. The van der Waals surface area contributed by atoms with Crippen molar-refractivity contribution in [3.63, 3.8) is 0 Å². The summed E-state index contributed by atoms with van der Waals surface area (Å²) in [6.07, 6.45) is 27.3. The molecule has 2 aliphatic carbocycles. The number of hydrogen-bond acceptors (Lipinski definition) is 0. The molecular weight excluding hydrogens is 498 g/mol. The first-order valence-corrected chi connectivity index (χ1v) is 9.91. The fourth-order valence-corrected chi connectivity index (χ4v) is 3.02. The largest absolute Gasteiger partial charge is 4.00 e. The summed E-state index contributed by atoms with van der Waals surface area (Å²) in [5.74, 6) is 0. The minimum absolute atomic E-state index is 0. The smallest absolute Gasteiger partial charge is 1.00 e. The van der Waals surface area contributed by atoms with E-state index in [0.29, 0.717) is 0 Å². The average molecular weight is 525 g/mol. The summed E-state index contributed by atoms with van der Waals surface area (Å²) in [5.41, 5.74) is 5.22. The van der Waals surface area contributed by atoms with E-state index in [2.05, 4.69) is 97.1 Å². The molecule has 0 aliphatic heterocycles. The SMILES string of the molecule is [C-]1=CC=CC1=CCCc1ccccc1.[C-]1=CC=CC1=CCCc1ccccc1.[Cl-].[Cl-].[Zr+4]. The van der Waals surface area contributed by atoms with Gasteiger partial charge in [-0.2, -0.15) is 59.8 Å². The predicted molar refractivity (Wildman–Crippen MR) is 120 cm³/mol. The van der Waals surface area contributed by atoms with Gasteiger partial charge in [-0.3, -0.25) is 0 Å². The molecule has 0 amide bonds. The number of allylic oxidation sites excluding steroid dienone is 12. The van der Waals surface area contributed by atoms with E-state index in [1.165, 1.54) is 22.3 Å². The summed E-state index contributed by atoms with van der Waals surface area (Å²) in [6.45, 7) is 0. The maximum absolute atomic E-state index is 3.17. The van der Waals surface area contributed by atoms with Crippen LogP contribution in [0.25, 0.3) is 0 Å². The molecule has 0 N–H and O–H groups in total. The van der Waals surface area contributed by atoms with Crippen LogP contribution >= 0.6 is 0 Å². The molecule has 0 aromatic heterocycles. The first-order chi connectivity index (χ1) is 13.9. The molecule has 31 heavy (non-hydrogen) atoms. The van der Waals surface area contributed by atoms with Gasteiger partial charge in [-0.25, -0.2) is 0 Å². The fourth-order valence-electron chi connectivity index (χ4n) is 3.02. The van der Waals surface area contributed by atoms with Crippen molar-refractivity contribution in [3.05, 3.63) is 144 Å². The minimum atomic E-state index is 0. The van der Waals surface area contributed by atoms with E-state index < -0.39 is 0 Å². The second-order valence-corrected chi connectivity index (χ2v) is 6.71. The summed E-state index contributed by atoms with van der Waals surface area (Å²) in [7, 11) is 0. The molecule has 0 atom stereocenters. The van der Waals surface area contributed by atoms with Gasteiger partial charge in [0, 0.05) is 0 Å². The van der Waals surface area contributed by atoms with Crippen molar-refractivity contribution in [2.75, 3.05) is 0 Å². The molecule has 0 spiro atoms. The van der Waals surface area contributed by atoms with Gasteiger partial charge >= 0.3 is 26.2 Å². The van der Waals surface area contributed by atoms with Crippen molar-refractivity contribution < 1.29 is 51.0 Å². The molecule has 2 aliphatic rings. The van der Waals surface area contributed by atoms with E-state index in [0.717, 1.165) is 25.7 Å². The van der Waals surface area contributed by atoms with E-state index in [-0.39, 0.29) is 51.0 Å². The third-order valence-electron chi connectivity index (χ3n) is 4.52. The van der Waals surface area contributed by atoms with Crippen LogP contribution in [0, 0.1) is 12.2 Å². The topological polar surface area (TPSA) is 0 Å². The summed E-state index contributed by atoms with van der Waals surface area (Å²) >= 11 is 0. The van der Waals surface area contributed by atoms with Gasteiger partial charge in [-0.15, -0.1) is 12.2 Å². The Morgan fingerprint density at radius 3 is 1.29 bits per heavy atom. The zero-order chi connectivity index (χ0) is 19.3. The molecule has 156 valence electrons. The van der Waals surface area contributed by atoms with Crippen LogP contribution in [-0.2, 0) is 39.0 Å². The first-order valence-electron chi connectivity index (χ1n) is 9.91. The fraction of sp³-hybridized carbons (Fsp3) is 0.143. The Bertz CT molecular complexity index is 799. The number of rotatable bonds is 6. The summed E-state index contributed by atoms with van der Waals surface area (Å²) in [5, 5.41) is 0. The van der Waals surface area contributed by atoms with Crippen LogP contribution in [-0.4, -0.2) is 0 Å². The van der Waals surface area contributed by atoms with E-state index in [1.807, 2.05) is 24.3 Å². The Kier molecular flexibility index (Phi) is 17.0. The van der Waals surface area contributed by atoms with Gasteiger partial charge in [0.1, 0.15) is 0 Å². The maximum atomic E-state index is 3.17. The Morgan fingerprint density at radius 2 is 0.968 bits per heavy atom. The zero-order valence-corrected chi connectivity index (χ0v) is 21.4. The predicted octanol–water partition coefficient (Wildman–Crippen LogP) is 0.955. The van der Waals surface area contributed by atoms with Gasteiger partial charge in [-0.05, 0) is 24.0 Å². The van der Waals surface area contributed by atoms with Crippen molar-refractivity contribution >= 4 is 0 Å². The van der Waals surface area contributed by atoms with Crippen LogP contribution in [0.3, 0.4) is 0 Å². The molecule has 0 bridgehead atoms. The Balaban J connectivity index is 0.000000529. The van der Waals surface area contributed by atoms with Crippen LogP contribution in [0.1, 0.15) is 24.0 Å². The van der Waals surface area contributed by atoms with Crippen molar-refractivity contribution in [1.29, 1.82) is 0 Å². The third kappa shape index (κ3) is 12.1. The third-order valence-corrected chi connectivity index (χ3v) is 4.52. The van der Waals surface area contributed by atoms with Gasteiger partial charge in [0.15, 0.2) is 0 Å². The first kappa shape index (κ1) is 29.3. The van der Waals surface area contributed by atoms with E-state index in [1.54, 1.807) is 0 Å². The van der Waals surface area contributed by atoms with Crippen LogP contribution in [0.2, 0.25) is 0 Å². The zero-order valence-electron chi connectivity index (χ0n) is 17.5. The molecule has 3 heteroatoms. The maximum Gasteiger partial charge on any atom is 4.00 e. The molecule has 0 saturated carbocycles. The second kappa shape index (κ2) is 18.0. The monoisotopic (exact) mass is 522 g/mol. The molecule has 0 radical (unpaired) electrons. The van der Waals surface area contributed by atoms with Crippen LogP contribution in [0.5, 0.6) is 0 Å². The van der Waals surface area contributed by atoms with Crippen LogP contribution in [0.15, 0.2) is 120 Å². The Labute approximate surface area is 219 Å². The molecule has 4 rings (SSSR count). The molecule has 2 aromatic rings. The second-order valence-electron chi connectivity index (χ2n) is 6.71. The van der Waals surface area contributed by atoms with E-state index in [4.69, 9.17) is 0 Å². The van der Waals surface area contributed by atoms with Crippen molar-refractivity contribution in [2.45, 2.75) is 25.7 Å². The van der Waals surface area contributed by atoms with Crippen molar-refractivity contribution in [2.24, 2.45) is 0 Å². The minimum Gasteiger partial charge on any atom is -1.00 e. The van der Waals surface area contributed by atoms with Gasteiger partial charge < -0.3 is 24.8 Å². The number of benzene rings is 2. The summed E-state index contributed by atoms with van der Waals surface area (Å²) < 4.78 is 0. The van der Waals surface area contributed by atoms with Gasteiger partial charge in [0.2, 0.25) is 0 Å². The molecule has 0 nitrogen and oxygen atoms in total. The Morgan fingerprint density at radius 1 is 0.581 bits per heavy atom. The van der Waals surface area contributed by atoms with Gasteiger partial charge in [0.25, 0.3) is 0 Å². The molecule has 2 aromatic carbocycles. The van der Waals surface area contributed by atoms with Crippen molar-refractivity contribution in [3.8, 4) is 0 Å². The number of halogens is 2. The van der Waals surface area contributed by atoms with Crippen molar-refractivity contribution in [1.82, 2.24) is 0 Å². The quantitative estimate of drug-likeness (QED) is 0.494. The van der Waals surface area contributed by atoms with E-state index >= 15 is 0 Å². The molecular formula is C28H26Cl2Zr. The van der Waals surface area contributed by atoms with Gasteiger partial charge in [-0.1, -0.05) is 73.5 Å². The van der Waals surface area contributed by atoms with Gasteiger partial charge in [0.05, 0.1) is 0 Å². The Hall–Kier alpha value is -1.66.